The lowest BCUT2D eigenvalue weighted by Crippen LogP contribution is -2.26. The molecule has 25 heavy (non-hydrogen) atoms. The van der Waals surface area contributed by atoms with Crippen LogP contribution in [0.1, 0.15) is 49.6 Å². The summed E-state index contributed by atoms with van der Waals surface area (Å²) >= 11 is 6.02. The summed E-state index contributed by atoms with van der Waals surface area (Å²) in [5.74, 6) is -5.97. The van der Waals surface area contributed by atoms with E-state index in [0.717, 1.165) is 6.92 Å². The number of halogens is 5. The molecule has 1 fully saturated rings. The molecule has 0 saturated heterocycles. The number of aromatic nitrogens is 2. The highest BCUT2D eigenvalue weighted by Gasteiger charge is 2.37. The zero-order valence-electron chi connectivity index (χ0n) is 13.5. The molecular weight excluding hydrogens is 358 g/mol. The van der Waals surface area contributed by atoms with Crippen LogP contribution in [0.2, 0.25) is 5.02 Å². The number of imidazole rings is 1. The number of rotatable bonds is 3. The van der Waals surface area contributed by atoms with Gasteiger partial charge >= 0.3 is 0 Å². The van der Waals surface area contributed by atoms with Crippen LogP contribution in [0, 0.1) is 17.2 Å². The zero-order chi connectivity index (χ0) is 18.4. The van der Waals surface area contributed by atoms with E-state index < -0.39 is 17.5 Å². The van der Waals surface area contributed by atoms with Gasteiger partial charge in [-0.3, -0.25) is 0 Å². The van der Waals surface area contributed by atoms with E-state index in [9.17, 15) is 17.6 Å². The Morgan fingerprint density at radius 1 is 1.40 bits per heavy atom. The topological polar surface area (TPSA) is 41.1 Å². The second-order valence-electron chi connectivity index (χ2n) is 6.67. The highest BCUT2D eigenvalue weighted by molar-refractivity contribution is 6.31. The van der Waals surface area contributed by atoms with Crippen molar-refractivity contribution in [2.24, 2.45) is 5.92 Å². The van der Waals surface area contributed by atoms with Gasteiger partial charge in [0.2, 0.25) is 5.92 Å². The predicted octanol–water partition coefficient (Wildman–Crippen LogP) is 5.34. The molecule has 0 aromatic carbocycles. The van der Waals surface area contributed by atoms with Gasteiger partial charge in [-0.25, -0.2) is 13.8 Å². The highest BCUT2D eigenvalue weighted by Crippen LogP contribution is 2.39. The standard InChI is InChI=1S/C17H16ClF4N3/c1-16(19,20)15-13(6-10-2-4-17(21,22)5-3-10)25-9-12(18)11(8-23)7-14(25)24-15/h7,9-10H,2-6H2,1H3. The molecule has 0 radical (unpaired) electrons. The van der Waals surface area contributed by atoms with E-state index in [1.54, 1.807) is 0 Å². The fourth-order valence-corrected chi connectivity index (χ4v) is 3.52. The van der Waals surface area contributed by atoms with Crippen molar-refractivity contribution in [3.63, 3.8) is 0 Å². The van der Waals surface area contributed by atoms with Crippen LogP contribution in [0.5, 0.6) is 0 Å². The minimum absolute atomic E-state index is 0.116. The first-order chi connectivity index (χ1) is 11.6. The van der Waals surface area contributed by atoms with Gasteiger partial charge in [0.1, 0.15) is 17.4 Å². The molecule has 0 amide bonds. The third-order valence-electron chi connectivity index (χ3n) is 4.67. The lowest BCUT2D eigenvalue weighted by atomic mass is 9.83. The fourth-order valence-electron chi connectivity index (χ4n) is 3.32. The van der Waals surface area contributed by atoms with Crippen LogP contribution in [0.25, 0.3) is 5.65 Å². The van der Waals surface area contributed by atoms with Crippen LogP contribution in [0.3, 0.4) is 0 Å². The number of pyridine rings is 1. The van der Waals surface area contributed by atoms with Crippen LogP contribution in [-0.4, -0.2) is 15.3 Å². The molecule has 1 aliphatic rings. The summed E-state index contributed by atoms with van der Waals surface area (Å²) in [7, 11) is 0. The van der Waals surface area contributed by atoms with Crippen molar-refractivity contribution in [3.8, 4) is 6.07 Å². The van der Waals surface area contributed by atoms with Crippen molar-refractivity contribution in [2.45, 2.75) is 50.9 Å². The molecule has 0 spiro atoms. The van der Waals surface area contributed by atoms with E-state index in [4.69, 9.17) is 16.9 Å². The summed E-state index contributed by atoms with van der Waals surface area (Å²) in [5, 5.41) is 9.17. The number of nitriles is 1. The van der Waals surface area contributed by atoms with Crippen LogP contribution in [-0.2, 0) is 12.3 Å². The minimum atomic E-state index is -3.18. The quantitative estimate of drug-likeness (QED) is 0.681. The van der Waals surface area contributed by atoms with Crippen molar-refractivity contribution in [1.29, 1.82) is 5.26 Å². The van der Waals surface area contributed by atoms with Gasteiger partial charge in [-0.1, -0.05) is 11.6 Å². The average molecular weight is 374 g/mol. The number of hydrogen-bond donors (Lipinski definition) is 0. The van der Waals surface area contributed by atoms with E-state index in [1.165, 1.54) is 16.7 Å². The Labute approximate surface area is 147 Å². The number of nitrogens with zero attached hydrogens (tertiary/aromatic N) is 3. The van der Waals surface area contributed by atoms with E-state index in [2.05, 4.69) is 4.98 Å². The molecular formula is C17H16ClF4N3. The van der Waals surface area contributed by atoms with Crippen LogP contribution >= 0.6 is 11.6 Å². The third-order valence-corrected chi connectivity index (χ3v) is 4.97. The van der Waals surface area contributed by atoms with Crippen LogP contribution in [0.4, 0.5) is 17.6 Å². The molecule has 2 heterocycles. The summed E-state index contributed by atoms with van der Waals surface area (Å²) in [6.45, 7) is 0.750. The first-order valence-corrected chi connectivity index (χ1v) is 8.35. The van der Waals surface area contributed by atoms with Gasteiger partial charge in [-0.2, -0.15) is 14.0 Å². The maximum atomic E-state index is 14.0. The first kappa shape index (κ1) is 18.0. The second-order valence-corrected chi connectivity index (χ2v) is 7.08. The Kier molecular flexibility index (Phi) is 4.44. The lowest BCUT2D eigenvalue weighted by Gasteiger charge is -2.28. The van der Waals surface area contributed by atoms with E-state index in [0.29, 0.717) is 0 Å². The van der Waals surface area contributed by atoms with Crippen molar-refractivity contribution < 1.29 is 17.6 Å². The molecule has 2 aromatic rings. The van der Waals surface area contributed by atoms with Crippen molar-refractivity contribution in [1.82, 2.24) is 9.38 Å². The maximum Gasteiger partial charge on any atom is 0.288 e. The normalized spacial score (nSPS) is 18.4. The van der Waals surface area contributed by atoms with Crippen LogP contribution < -0.4 is 0 Å². The maximum absolute atomic E-state index is 14.0. The van der Waals surface area contributed by atoms with Gasteiger partial charge in [0.25, 0.3) is 5.92 Å². The Hall–Kier alpha value is -1.81. The summed E-state index contributed by atoms with van der Waals surface area (Å²) in [5.41, 5.74) is 0.225. The predicted molar refractivity (Wildman–Crippen MR) is 85.1 cm³/mol. The molecule has 3 rings (SSSR count). The van der Waals surface area contributed by atoms with Crippen LogP contribution in [0.15, 0.2) is 12.3 Å². The molecule has 1 aliphatic carbocycles. The van der Waals surface area contributed by atoms with Gasteiger partial charge in [-0.05, 0) is 25.2 Å². The SMILES string of the molecule is CC(F)(F)c1nc2cc(C#N)c(Cl)cn2c1CC1CCC(F)(F)CC1. The average Bonchev–Trinajstić information content (AvgIpc) is 2.86. The van der Waals surface area contributed by atoms with Gasteiger partial charge in [0.15, 0.2) is 0 Å². The molecule has 2 aromatic heterocycles. The minimum Gasteiger partial charge on any atom is -0.302 e. The summed E-state index contributed by atoms with van der Waals surface area (Å²) in [6, 6.07) is 3.25. The lowest BCUT2D eigenvalue weighted by molar-refractivity contribution is -0.0460. The van der Waals surface area contributed by atoms with Gasteiger partial charge < -0.3 is 4.40 Å². The van der Waals surface area contributed by atoms with Crippen molar-refractivity contribution in [3.05, 3.63) is 34.2 Å². The second kappa shape index (κ2) is 6.17. The monoisotopic (exact) mass is 373 g/mol. The molecule has 0 N–H and O–H groups in total. The fraction of sp³-hybridized carbons (Fsp3) is 0.529. The molecule has 0 unspecified atom stereocenters. The molecule has 1 saturated carbocycles. The third kappa shape index (κ3) is 3.59. The number of hydrogen-bond acceptors (Lipinski definition) is 2. The Morgan fingerprint density at radius 3 is 2.60 bits per heavy atom. The van der Waals surface area contributed by atoms with Crippen molar-refractivity contribution >= 4 is 17.2 Å². The number of fused-ring (bicyclic) bond motifs is 1. The van der Waals surface area contributed by atoms with E-state index in [1.807, 2.05) is 6.07 Å². The zero-order valence-corrected chi connectivity index (χ0v) is 14.3. The highest BCUT2D eigenvalue weighted by atomic mass is 35.5. The summed E-state index contributed by atoms with van der Waals surface area (Å²) < 4.78 is 56.1. The molecule has 8 heteroatoms. The van der Waals surface area contributed by atoms with E-state index >= 15 is 0 Å². The van der Waals surface area contributed by atoms with Gasteiger partial charge in [-0.15, -0.1) is 0 Å². The smallest absolute Gasteiger partial charge is 0.288 e. The molecule has 0 bridgehead atoms. The number of alkyl halides is 4. The Morgan fingerprint density at radius 2 is 2.04 bits per heavy atom. The molecule has 0 aliphatic heterocycles. The Bertz CT molecular complexity index is 838. The van der Waals surface area contributed by atoms with Gasteiger partial charge in [0, 0.05) is 32.0 Å². The summed E-state index contributed by atoms with van der Waals surface area (Å²) in [4.78, 5) is 3.98. The Balaban J connectivity index is 2.03. The molecule has 0 atom stereocenters. The first-order valence-electron chi connectivity index (χ1n) is 7.97. The summed E-state index contributed by atoms with van der Waals surface area (Å²) in [6.07, 6.45) is 1.71. The van der Waals surface area contributed by atoms with E-state index in [-0.39, 0.29) is 59.9 Å². The largest absolute Gasteiger partial charge is 0.302 e. The van der Waals surface area contributed by atoms with Gasteiger partial charge in [0.05, 0.1) is 16.3 Å². The molecule has 134 valence electrons. The molecule has 3 nitrogen and oxygen atoms in total. The van der Waals surface area contributed by atoms with Crippen molar-refractivity contribution in [2.75, 3.05) is 0 Å².